The SMILES string of the molecule is O=C(O)C[C@@H](Cc1ccccc1)C(=O)N(c1nc(-c2cc(Cl)ccc2Cl)cs1)C1CC1. The van der Waals surface area contributed by atoms with E-state index in [1.807, 2.05) is 35.7 Å². The van der Waals surface area contributed by atoms with Gasteiger partial charge in [-0.2, -0.15) is 0 Å². The quantitative estimate of drug-likeness (QED) is 0.437. The lowest BCUT2D eigenvalue weighted by Crippen LogP contribution is -2.39. The first-order chi connectivity index (χ1) is 14.9. The highest BCUT2D eigenvalue weighted by molar-refractivity contribution is 7.14. The average Bonchev–Trinajstić information content (AvgIpc) is 3.46. The number of thiazole rings is 1. The van der Waals surface area contributed by atoms with Crippen molar-refractivity contribution in [3.8, 4) is 11.3 Å². The summed E-state index contributed by atoms with van der Waals surface area (Å²) in [4.78, 5) is 31.4. The van der Waals surface area contributed by atoms with E-state index in [9.17, 15) is 14.7 Å². The van der Waals surface area contributed by atoms with Crippen LogP contribution in [0, 0.1) is 5.92 Å². The summed E-state index contributed by atoms with van der Waals surface area (Å²) < 4.78 is 0. The van der Waals surface area contributed by atoms with Gasteiger partial charge < -0.3 is 5.11 Å². The van der Waals surface area contributed by atoms with E-state index < -0.39 is 11.9 Å². The summed E-state index contributed by atoms with van der Waals surface area (Å²) in [7, 11) is 0. The predicted molar refractivity (Wildman–Crippen MR) is 124 cm³/mol. The number of anilines is 1. The third kappa shape index (κ3) is 5.26. The molecule has 0 bridgehead atoms. The van der Waals surface area contributed by atoms with Gasteiger partial charge in [0.05, 0.1) is 23.1 Å². The summed E-state index contributed by atoms with van der Waals surface area (Å²) in [6.45, 7) is 0. The number of hydrogen-bond donors (Lipinski definition) is 1. The molecule has 5 nitrogen and oxygen atoms in total. The molecule has 0 spiro atoms. The van der Waals surface area contributed by atoms with E-state index in [0.29, 0.717) is 32.9 Å². The maximum atomic E-state index is 13.5. The second-order valence-corrected chi connectivity index (χ2v) is 9.24. The summed E-state index contributed by atoms with van der Waals surface area (Å²) in [5.41, 5.74) is 2.28. The lowest BCUT2D eigenvalue weighted by molar-refractivity contribution is -0.140. The van der Waals surface area contributed by atoms with Gasteiger partial charge in [0, 0.05) is 22.0 Å². The Labute approximate surface area is 194 Å². The summed E-state index contributed by atoms with van der Waals surface area (Å²) in [6.07, 6.45) is 1.90. The van der Waals surface area contributed by atoms with Crippen LogP contribution >= 0.6 is 34.5 Å². The van der Waals surface area contributed by atoms with Crippen LogP contribution in [0.15, 0.2) is 53.9 Å². The van der Waals surface area contributed by atoms with Crippen LogP contribution in [0.3, 0.4) is 0 Å². The highest BCUT2D eigenvalue weighted by Crippen LogP contribution is 2.39. The maximum absolute atomic E-state index is 13.5. The summed E-state index contributed by atoms with van der Waals surface area (Å²) in [5, 5.41) is 12.9. The highest BCUT2D eigenvalue weighted by atomic mass is 35.5. The smallest absolute Gasteiger partial charge is 0.304 e. The molecule has 31 heavy (non-hydrogen) atoms. The standard InChI is InChI=1S/C23H20Cl2N2O3S/c24-16-6-9-19(25)18(12-16)20-13-31-23(26-20)27(17-7-8-17)22(30)15(11-21(28)29)10-14-4-2-1-3-5-14/h1-6,9,12-13,15,17H,7-8,10-11H2,(H,28,29)/t15-/m1/s1. The first-order valence-corrected chi connectivity index (χ1v) is 11.6. The third-order valence-electron chi connectivity index (χ3n) is 5.15. The van der Waals surface area contributed by atoms with Crippen LogP contribution in [0.5, 0.6) is 0 Å². The molecule has 1 amide bonds. The Hall–Kier alpha value is -2.41. The lowest BCUT2D eigenvalue weighted by atomic mass is 9.94. The number of amides is 1. The molecular weight excluding hydrogens is 455 g/mol. The van der Waals surface area contributed by atoms with Crippen molar-refractivity contribution in [3.05, 3.63) is 69.5 Å². The minimum atomic E-state index is -0.990. The van der Waals surface area contributed by atoms with Crippen molar-refractivity contribution in [2.45, 2.75) is 31.7 Å². The van der Waals surface area contributed by atoms with Gasteiger partial charge in [-0.05, 0) is 43.0 Å². The monoisotopic (exact) mass is 474 g/mol. The second kappa shape index (κ2) is 9.39. The number of hydrogen-bond acceptors (Lipinski definition) is 4. The summed E-state index contributed by atoms with van der Waals surface area (Å²) in [5.74, 6) is -1.86. The van der Waals surface area contributed by atoms with Crippen LogP contribution in [0.25, 0.3) is 11.3 Å². The zero-order chi connectivity index (χ0) is 22.0. The zero-order valence-electron chi connectivity index (χ0n) is 16.5. The Bertz CT molecular complexity index is 1100. The van der Waals surface area contributed by atoms with E-state index in [4.69, 9.17) is 23.2 Å². The molecule has 1 N–H and O–H groups in total. The molecule has 1 saturated carbocycles. The molecule has 1 aliphatic carbocycles. The van der Waals surface area contributed by atoms with Crippen LogP contribution < -0.4 is 4.90 Å². The first kappa shape index (κ1) is 21.8. The van der Waals surface area contributed by atoms with Crippen LogP contribution in [-0.4, -0.2) is 28.0 Å². The third-order valence-corrected chi connectivity index (χ3v) is 6.55. The fourth-order valence-electron chi connectivity index (χ4n) is 3.51. The van der Waals surface area contributed by atoms with Gasteiger partial charge in [-0.1, -0.05) is 53.5 Å². The zero-order valence-corrected chi connectivity index (χ0v) is 18.8. The number of rotatable bonds is 8. The van der Waals surface area contributed by atoms with Gasteiger partial charge in [-0.25, -0.2) is 4.98 Å². The molecule has 2 aromatic carbocycles. The fraction of sp³-hybridized carbons (Fsp3) is 0.261. The van der Waals surface area contributed by atoms with Gasteiger partial charge in [-0.3, -0.25) is 14.5 Å². The molecule has 1 aliphatic rings. The first-order valence-electron chi connectivity index (χ1n) is 9.92. The topological polar surface area (TPSA) is 70.5 Å². The van der Waals surface area contributed by atoms with Gasteiger partial charge in [0.2, 0.25) is 5.91 Å². The molecule has 1 atom stereocenters. The fourth-order valence-corrected chi connectivity index (χ4v) is 4.80. The molecule has 3 aromatic rings. The van der Waals surface area contributed by atoms with E-state index in [1.54, 1.807) is 23.1 Å². The van der Waals surface area contributed by atoms with E-state index >= 15 is 0 Å². The van der Waals surface area contributed by atoms with Crippen LogP contribution in [-0.2, 0) is 16.0 Å². The summed E-state index contributed by atoms with van der Waals surface area (Å²) >= 11 is 13.8. The van der Waals surface area contributed by atoms with Gasteiger partial charge in [0.25, 0.3) is 0 Å². The number of carbonyl (C=O) groups is 2. The Morgan fingerprint density at radius 2 is 1.90 bits per heavy atom. The van der Waals surface area contributed by atoms with Gasteiger partial charge in [0.1, 0.15) is 0 Å². The average molecular weight is 475 g/mol. The van der Waals surface area contributed by atoms with Gasteiger partial charge in [0.15, 0.2) is 5.13 Å². The Kier molecular flexibility index (Phi) is 6.60. The van der Waals surface area contributed by atoms with Crippen molar-refractivity contribution in [2.75, 3.05) is 4.90 Å². The molecular formula is C23H20Cl2N2O3S. The van der Waals surface area contributed by atoms with Gasteiger partial charge in [-0.15, -0.1) is 11.3 Å². The molecule has 1 fully saturated rings. The number of benzene rings is 2. The van der Waals surface area contributed by atoms with Crippen molar-refractivity contribution in [1.29, 1.82) is 0 Å². The Morgan fingerprint density at radius 3 is 2.58 bits per heavy atom. The Balaban J connectivity index is 1.63. The number of aliphatic carboxylic acids is 1. The number of halogens is 2. The van der Waals surface area contributed by atoms with Gasteiger partial charge >= 0.3 is 5.97 Å². The largest absolute Gasteiger partial charge is 0.481 e. The molecule has 1 aromatic heterocycles. The second-order valence-electron chi connectivity index (χ2n) is 7.56. The van der Waals surface area contributed by atoms with Crippen LogP contribution in [0.1, 0.15) is 24.8 Å². The summed E-state index contributed by atoms with van der Waals surface area (Å²) in [6, 6.07) is 14.7. The van der Waals surface area contributed by atoms with E-state index in [1.165, 1.54) is 11.3 Å². The van der Waals surface area contributed by atoms with Crippen molar-refractivity contribution in [2.24, 2.45) is 5.92 Å². The van der Waals surface area contributed by atoms with Crippen molar-refractivity contribution < 1.29 is 14.7 Å². The minimum Gasteiger partial charge on any atom is -0.481 e. The number of nitrogens with zero attached hydrogens (tertiary/aromatic N) is 2. The molecule has 0 unspecified atom stereocenters. The highest BCUT2D eigenvalue weighted by Gasteiger charge is 2.39. The number of aromatic nitrogens is 1. The molecule has 1 heterocycles. The molecule has 8 heteroatoms. The van der Waals surface area contributed by atoms with Crippen molar-refractivity contribution in [1.82, 2.24) is 4.98 Å². The lowest BCUT2D eigenvalue weighted by Gasteiger charge is -2.25. The van der Waals surface area contributed by atoms with E-state index in [0.717, 1.165) is 18.4 Å². The van der Waals surface area contributed by atoms with E-state index in [2.05, 4.69) is 4.98 Å². The maximum Gasteiger partial charge on any atom is 0.304 e. The van der Waals surface area contributed by atoms with Crippen molar-refractivity contribution >= 4 is 51.5 Å². The van der Waals surface area contributed by atoms with Crippen LogP contribution in [0.4, 0.5) is 5.13 Å². The molecule has 0 radical (unpaired) electrons. The molecule has 160 valence electrons. The van der Waals surface area contributed by atoms with Crippen molar-refractivity contribution in [3.63, 3.8) is 0 Å². The van der Waals surface area contributed by atoms with E-state index in [-0.39, 0.29) is 18.4 Å². The number of carbonyl (C=O) groups excluding carboxylic acids is 1. The predicted octanol–water partition coefficient (Wildman–Crippen LogP) is 5.95. The molecule has 0 saturated heterocycles. The number of carboxylic acid groups (broad SMARTS) is 1. The molecule has 4 rings (SSSR count). The molecule has 0 aliphatic heterocycles. The minimum absolute atomic E-state index is 0.0494. The number of carboxylic acids is 1. The Morgan fingerprint density at radius 1 is 1.16 bits per heavy atom. The normalized spacial score (nSPS) is 14.3. The van der Waals surface area contributed by atoms with Crippen LogP contribution in [0.2, 0.25) is 10.0 Å².